The molecule has 0 saturated carbocycles. The molecule has 82 valence electrons. The lowest BCUT2D eigenvalue weighted by molar-refractivity contribution is 0.620. The van der Waals surface area contributed by atoms with Crippen LogP contribution in [0.1, 0.15) is 29.2 Å². The minimum Gasteiger partial charge on any atom is -0.324 e. The van der Waals surface area contributed by atoms with Crippen LogP contribution in [-0.2, 0) is 16.9 Å². The summed E-state index contributed by atoms with van der Waals surface area (Å²) in [7, 11) is -2.61. The smallest absolute Gasteiger partial charge is 0.308 e. The Morgan fingerprint density at radius 3 is 2.67 bits per heavy atom. The van der Waals surface area contributed by atoms with Crippen LogP contribution in [0.15, 0.2) is 18.2 Å². The number of benzene rings is 1. The van der Waals surface area contributed by atoms with Crippen molar-refractivity contribution < 1.29 is 8.42 Å². The molecule has 0 fully saturated rings. The summed E-state index contributed by atoms with van der Waals surface area (Å²) in [6.07, 6.45) is 2.29. The SMILES string of the molecule is Cc1ccc2c(c1)CC[C@@H]2N.N=S(=O)=O. The van der Waals surface area contributed by atoms with E-state index in [-0.39, 0.29) is 0 Å². The maximum absolute atomic E-state index is 8.67. The Kier molecular flexibility index (Phi) is 3.99. The Hall–Kier alpha value is -1.20. The number of hydrogen-bond acceptors (Lipinski definition) is 4. The molecule has 15 heavy (non-hydrogen) atoms. The van der Waals surface area contributed by atoms with Crippen molar-refractivity contribution in [3.8, 4) is 0 Å². The summed E-state index contributed by atoms with van der Waals surface area (Å²) in [5.74, 6) is 0. The van der Waals surface area contributed by atoms with Gasteiger partial charge in [-0.1, -0.05) is 23.8 Å². The Balaban J connectivity index is 0.000000245. The van der Waals surface area contributed by atoms with Crippen molar-refractivity contribution in [1.29, 1.82) is 4.78 Å². The molecular weight excluding hydrogens is 212 g/mol. The molecule has 0 spiro atoms. The molecule has 1 aromatic rings. The molecule has 2 rings (SSSR count). The van der Waals surface area contributed by atoms with Crippen LogP contribution in [0.25, 0.3) is 0 Å². The minimum absolute atomic E-state index is 0.297. The maximum atomic E-state index is 8.67. The summed E-state index contributed by atoms with van der Waals surface area (Å²) in [5.41, 5.74) is 10.1. The van der Waals surface area contributed by atoms with Gasteiger partial charge in [-0.3, -0.25) is 0 Å². The van der Waals surface area contributed by atoms with Gasteiger partial charge in [0.1, 0.15) is 0 Å². The lowest BCUT2D eigenvalue weighted by Crippen LogP contribution is -2.04. The van der Waals surface area contributed by atoms with Gasteiger partial charge < -0.3 is 5.73 Å². The number of aryl methyl sites for hydroxylation is 2. The molecule has 1 aromatic carbocycles. The molecule has 4 nitrogen and oxygen atoms in total. The van der Waals surface area contributed by atoms with Gasteiger partial charge in [-0.05, 0) is 30.9 Å². The first kappa shape index (κ1) is 11.9. The van der Waals surface area contributed by atoms with Crippen molar-refractivity contribution >= 4 is 10.5 Å². The maximum Gasteiger partial charge on any atom is 0.308 e. The quantitative estimate of drug-likeness (QED) is 0.704. The lowest BCUT2D eigenvalue weighted by atomic mass is 10.1. The van der Waals surface area contributed by atoms with Crippen molar-refractivity contribution in [2.45, 2.75) is 25.8 Å². The van der Waals surface area contributed by atoms with E-state index in [0.717, 1.165) is 12.8 Å². The van der Waals surface area contributed by atoms with Gasteiger partial charge in [-0.15, -0.1) is 0 Å². The largest absolute Gasteiger partial charge is 0.324 e. The molecule has 0 saturated heterocycles. The van der Waals surface area contributed by atoms with E-state index in [0.29, 0.717) is 6.04 Å². The predicted molar refractivity (Wildman–Crippen MR) is 58.1 cm³/mol. The molecule has 0 aliphatic heterocycles. The van der Waals surface area contributed by atoms with Gasteiger partial charge >= 0.3 is 10.5 Å². The summed E-state index contributed by atoms with van der Waals surface area (Å²) in [6.45, 7) is 2.13. The third-order valence-electron chi connectivity index (χ3n) is 2.42. The first-order valence-corrected chi connectivity index (χ1v) is 5.73. The van der Waals surface area contributed by atoms with Gasteiger partial charge in [0, 0.05) is 6.04 Å². The predicted octanol–water partition coefficient (Wildman–Crippen LogP) is 1.57. The van der Waals surface area contributed by atoms with E-state index >= 15 is 0 Å². The summed E-state index contributed by atoms with van der Waals surface area (Å²) >= 11 is 0. The van der Waals surface area contributed by atoms with Gasteiger partial charge in [0.05, 0.1) is 0 Å². The van der Waals surface area contributed by atoms with Gasteiger partial charge in [0.15, 0.2) is 0 Å². The van der Waals surface area contributed by atoms with Gasteiger partial charge in [0.2, 0.25) is 0 Å². The normalized spacial score (nSPS) is 17.6. The Bertz CT molecular complexity index is 447. The number of nitrogens with two attached hydrogens (primary N) is 1. The number of fused-ring (bicyclic) bond motifs is 1. The molecule has 0 aromatic heterocycles. The summed E-state index contributed by atoms with van der Waals surface area (Å²) in [4.78, 5) is 0. The number of rotatable bonds is 0. The molecule has 0 radical (unpaired) electrons. The molecule has 1 aliphatic rings. The van der Waals surface area contributed by atoms with E-state index in [4.69, 9.17) is 18.9 Å². The highest BCUT2D eigenvalue weighted by Gasteiger charge is 2.17. The molecular formula is C10H14N2O2S. The minimum atomic E-state index is -2.61. The third-order valence-corrected chi connectivity index (χ3v) is 2.42. The zero-order chi connectivity index (χ0) is 11.4. The Morgan fingerprint density at radius 1 is 1.47 bits per heavy atom. The summed E-state index contributed by atoms with van der Waals surface area (Å²) < 4.78 is 22.8. The zero-order valence-electron chi connectivity index (χ0n) is 8.53. The topological polar surface area (TPSA) is 84.0 Å². The monoisotopic (exact) mass is 226 g/mol. The van der Waals surface area contributed by atoms with Crippen molar-refractivity contribution in [3.05, 3.63) is 34.9 Å². The summed E-state index contributed by atoms with van der Waals surface area (Å²) in [5, 5.41) is 0. The average molecular weight is 226 g/mol. The van der Waals surface area contributed by atoms with Crippen LogP contribution in [0.4, 0.5) is 0 Å². The van der Waals surface area contributed by atoms with Crippen LogP contribution >= 0.6 is 0 Å². The fourth-order valence-corrected chi connectivity index (χ4v) is 1.78. The van der Waals surface area contributed by atoms with Crippen molar-refractivity contribution in [3.63, 3.8) is 0 Å². The van der Waals surface area contributed by atoms with Gasteiger partial charge in [0.25, 0.3) is 0 Å². The molecule has 0 heterocycles. The van der Waals surface area contributed by atoms with Crippen LogP contribution in [0.3, 0.4) is 0 Å². The second kappa shape index (κ2) is 5.04. The molecule has 1 atom stereocenters. The highest BCUT2D eigenvalue weighted by Crippen LogP contribution is 2.29. The van der Waals surface area contributed by atoms with Gasteiger partial charge in [-0.25, -0.2) is 0 Å². The highest BCUT2D eigenvalue weighted by molar-refractivity contribution is 7.60. The van der Waals surface area contributed by atoms with Crippen molar-refractivity contribution in [2.75, 3.05) is 0 Å². The van der Waals surface area contributed by atoms with E-state index in [1.54, 1.807) is 0 Å². The second-order valence-corrected chi connectivity index (χ2v) is 4.05. The Morgan fingerprint density at radius 2 is 2.07 bits per heavy atom. The molecule has 0 unspecified atom stereocenters. The van der Waals surface area contributed by atoms with Crippen LogP contribution in [-0.4, -0.2) is 8.42 Å². The fourth-order valence-electron chi connectivity index (χ4n) is 1.78. The number of hydrogen-bond donors (Lipinski definition) is 2. The summed E-state index contributed by atoms with van der Waals surface area (Å²) in [6, 6.07) is 6.86. The zero-order valence-corrected chi connectivity index (χ0v) is 9.34. The van der Waals surface area contributed by atoms with Crippen molar-refractivity contribution in [1.82, 2.24) is 0 Å². The lowest BCUT2D eigenvalue weighted by Gasteiger charge is -2.03. The molecule has 0 bridgehead atoms. The van der Waals surface area contributed by atoms with Crippen LogP contribution in [0.5, 0.6) is 0 Å². The van der Waals surface area contributed by atoms with E-state index in [1.165, 1.54) is 16.7 Å². The molecule has 0 amide bonds. The fraction of sp³-hybridized carbons (Fsp3) is 0.400. The molecule has 1 aliphatic carbocycles. The van der Waals surface area contributed by atoms with Crippen molar-refractivity contribution in [2.24, 2.45) is 5.73 Å². The van der Waals surface area contributed by atoms with Crippen LogP contribution in [0.2, 0.25) is 0 Å². The Labute approximate surface area is 90.6 Å². The standard InChI is InChI=1S/C10H13N.HNO2S/c1-7-2-4-9-8(6-7)3-5-10(9)11;1-4(2)3/h2,4,6,10H,3,5,11H2,1H3;1H/t10-;/m0./s1. The van der Waals surface area contributed by atoms with E-state index in [9.17, 15) is 0 Å². The molecule has 3 N–H and O–H groups in total. The van der Waals surface area contributed by atoms with Crippen LogP contribution in [0, 0.1) is 11.7 Å². The first-order valence-electron chi connectivity index (χ1n) is 4.66. The highest BCUT2D eigenvalue weighted by atomic mass is 32.2. The van der Waals surface area contributed by atoms with E-state index in [2.05, 4.69) is 25.1 Å². The van der Waals surface area contributed by atoms with Gasteiger partial charge in [-0.2, -0.15) is 13.2 Å². The van der Waals surface area contributed by atoms with Crippen LogP contribution < -0.4 is 5.73 Å². The average Bonchev–Trinajstić information content (AvgIpc) is 2.46. The second-order valence-electron chi connectivity index (χ2n) is 3.58. The molecule has 5 heteroatoms. The first-order chi connectivity index (χ1) is 7.00. The third kappa shape index (κ3) is 3.45. The van der Waals surface area contributed by atoms with E-state index < -0.39 is 10.5 Å². The van der Waals surface area contributed by atoms with E-state index in [1.807, 2.05) is 0 Å². The number of nitrogens with one attached hydrogen (secondary N) is 1.